The number of carbonyl (C=O) groups is 2. The van der Waals surface area contributed by atoms with Gasteiger partial charge in [-0.2, -0.15) is 0 Å². The van der Waals surface area contributed by atoms with Crippen molar-refractivity contribution >= 4 is 23.1 Å². The van der Waals surface area contributed by atoms with Crippen LogP contribution in [0.5, 0.6) is 23.1 Å². The van der Waals surface area contributed by atoms with Crippen LogP contribution >= 0.6 is 11.3 Å². The van der Waals surface area contributed by atoms with Crippen molar-refractivity contribution in [3.8, 4) is 23.1 Å². The molecule has 0 amide bonds. The first-order chi connectivity index (χ1) is 16.5. The van der Waals surface area contributed by atoms with Crippen molar-refractivity contribution < 1.29 is 28.9 Å². The molecule has 0 radical (unpaired) electrons. The van der Waals surface area contributed by atoms with Crippen LogP contribution in [0.25, 0.3) is 0 Å². The lowest BCUT2D eigenvalue weighted by Crippen LogP contribution is -2.45. The maximum atomic E-state index is 13.2. The number of aromatic amines is 1. The number of esters is 1. The molecule has 3 aromatic rings. The Balaban J connectivity index is 1.50. The number of ether oxygens (including phenoxy) is 3. The van der Waals surface area contributed by atoms with Crippen LogP contribution in [0.4, 0.5) is 0 Å². The Morgan fingerprint density at radius 1 is 1.14 bits per heavy atom. The molecule has 2 aromatic carbocycles. The maximum Gasteiger partial charge on any atom is 0.308 e. The highest BCUT2D eigenvalue weighted by Crippen LogP contribution is 2.44. The van der Waals surface area contributed by atoms with Crippen LogP contribution in [-0.2, 0) is 11.2 Å². The third-order valence-corrected chi connectivity index (χ3v) is 7.00. The lowest BCUT2D eigenvalue weighted by molar-refractivity contribution is -0.132. The average molecular weight is 498 g/mol. The monoisotopic (exact) mass is 497 g/mol. The second kappa shape index (κ2) is 9.22. The third kappa shape index (κ3) is 4.95. The van der Waals surface area contributed by atoms with Gasteiger partial charge in [-0.15, -0.1) is 0 Å². The molecule has 8 nitrogen and oxygen atoms in total. The van der Waals surface area contributed by atoms with Crippen LogP contribution in [0, 0.1) is 20.8 Å². The molecule has 1 unspecified atom stereocenters. The number of Topliss-reactive ketones (excluding diaryl/α,β-unsaturated/α-hetero) is 1. The van der Waals surface area contributed by atoms with Gasteiger partial charge in [0.25, 0.3) is 0 Å². The molecule has 0 bridgehead atoms. The van der Waals surface area contributed by atoms with E-state index >= 15 is 0 Å². The van der Waals surface area contributed by atoms with Crippen molar-refractivity contribution in [2.24, 2.45) is 0 Å². The molecular formula is C26H27NO7S. The molecule has 2 N–H and O–H groups in total. The zero-order valence-corrected chi connectivity index (χ0v) is 21.1. The molecule has 1 atom stereocenters. The van der Waals surface area contributed by atoms with Gasteiger partial charge in [0.1, 0.15) is 29.5 Å². The topological polar surface area (TPSA) is 115 Å². The van der Waals surface area contributed by atoms with Crippen LogP contribution in [0.1, 0.15) is 57.8 Å². The van der Waals surface area contributed by atoms with Gasteiger partial charge in [-0.05, 0) is 56.5 Å². The number of nitrogens with one attached hydrogen (secondary N) is 1. The van der Waals surface area contributed by atoms with E-state index in [4.69, 9.17) is 14.2 Å². The first-order valence-corrected chi connectivity index (χ1v) is 12.0. The van der Waals surface area contributed by atoms with Crippen LogP contribution in [-0.4, -0.2) is 34.1 Å². The van der Waals surface area contributed by atoms with Gasteiger partial charge in [-0.1, -0.05) is 23.5 Å². The minimum atomic E-state index is -0.877. The fraction of sp³-hybridized carbons (Fsp3) is 0.346. The van der Waals surface area contributed by atoms with Gasteiger partial charge in [0, 0.05) is 18.9 Å². The fourth-order valence-corrected chi connectivity index (χ4v) is 5.00. The molecule has 0 saturated heterocycles. The highest BCUT2D eigenvalue weighted by Gasteiger charge is 2.40. The van der Waals surface area contributed by atoms with Crippen molar-refractivity contribution in [2.45, 2.75) is 53.1 Å². The summed E-state index contributed by atoms with van der Waals surface area (Å²) in [6, 6.07) is 7.32. The summed E-state index contributed by atoms with van der Waals surface area (Å²) in [4.78, 5) is 38.7. The molecule has 1 aliphatic rings. The predicted octanol–water partition coefficient (Wildman–Crippen LogP) is 4.39. The molecule has 0 fully saturated rings. The van der Waals surface area contributed by atoms with E-state index in [0.29, 0.717) is 39.7 Å². The number of thiazole rings is 1. The number of aromatic hydroxyl groups is 1. The second-order valence-electron chi connectivity index (χ2n) is 9.05. The minimum Gasteiger partial charge on any atom is -0.494 e. The summed E-state index contributed by atoms with van der Waals surface area (Å²) >= 11 is 0.978. The number of aromatic nitrogens is 1. The number of hydrogen-bond donors (Lipinski definition) is 2. The van der Waals surface area contributed by atoms with E-state index in [9.17, 15) is 19.5 Å². The largest absolute Gasteiger partial charge is 0.494 e. The summed E-state index contributed by atoms with van der Waals surface area (Å²) in [5.41, 5.74) is 2.58. The van der Waals surface area contributed by atoms with Crippen molar-refractivity contribution in [1.29, 1.82) is 0 Å². The lowest BCUT2D eigenvalue weighted by atomic mass is 9.86. The number of carbonyl (C=O) groups excluding carboxylic acids is 2. The molecule has 35 heavy (non-hydrogen) atoms. The minimum absolute atomic E-state index is 0.0907. The Kier molecular flexibility index (Phi) is 6.46. The van der Waals surface area contributed by atoms with Gasteiger partial charge in [-0.3, -0.25) is 19.4 Å². The van der Waals surface area contributed by atoms with Crippen molar-refractivity contribution in [3.05, 3.63) is 66.6 Å². The normalized spacial score (nSPS) is 17.0. The Hall–Kier alpha value is -3.59. The molecule has 0 saturated carbocycles. The summed E-state index contributed by atoms with van der Waals surface area (Å²) in [6.45, 7) is 8.77. The van der Waals surface area contributed by atoms with Gasteiger partial charge in [-0.25, -0.2) is 0 Å². The smallest absolute Gasteiger partial charge is 0.308 e. The molecule has 0 spiro atoms. The Bertz CT molecular complexity index is 1370. The van der Waals surface area contributed by atoms with E-state index in [0.717, 1.165) is 28.0 Å². The molecule has 184 valence electrons. The number of hydrogen-bond acceptors (Lipinski definition) is 8. The number of fused-ring (bicyclic) bond motifs is 1. The molecule has 1 aromatic heterocycles. The van der Waals surface area contributed by atoms with Crippen LogP contribution in [0.3, 0.4) is 0 Å². The molecule has 4 rings (SSSR count). The Morgan fingerprint density at radius 2 is 1.83 bits per heavy atom. The highest BCUT2D eigenvalue weighted by molar-refractivity contribution is 7.09. The molecule has 1 aliphatic heterocycles. The highest BCUT2D eigenvalue weighted by atomic mass is 32.1. The molecule has 0 aliphatic carbocycles. The van der Waals surface area contributed by atoms with Gasteiger partial charge in [0.15, 0.2) is 5.78 Å². The van der Waals surface area contributed by atoms with E-state index in [-0.39, 0.29) is 29.6 Å². The van der Waals surface area contributed by atoms with Gasteiger partial charge < -0.3 is 19.3 Å². The van der Waals surface area contributed by atoms with Crippen molar-refractivity contribution in [3.63, 3.8) is 0 Å². The zero-order chi connectivity index (χ0) is 25.5. The summed E-state index contributed by atoms with van der Waals surface area (Å²) in [5.74, 6) is 0.882. The second-order valence-corrected chi connectivity index (χ2v) is 10.1. The summed E-state index contributed by atoms with van der Waals surface area (Å²) in [7, 11) is 0. The standard InChI is InChI=1S/C26H27NO7S/c1-13-14(2)23-21(15(3)22(13)33-16(4)28)19(29)11-26(5,34-23)12-32-18-8-6-17(7-9-18)10-20-24(30)27-25(31)35-20/h6-9,30H,10-12H2,1-5H3,(H,27,31). The number of benzene rings is 2. The van der Waals surface area contributed by atoms with Crippen LogP contribution in [0.2, 0.25) is 0 Å². The summed E-state index contributed by atoms with van der Waals surface area (Å²) in [5, 5.41) is 9.77. The molecule has 9 heteroatoms. The lowest BCUT2D eigenvalue weighted by Gasteiger charge is -2.36. The van der Waals surface area contributed by atoms with Gasteiger partial charge in [0.05, 0.1) is 16.9 Å². The molecule has 2 heterocycles. The number of ketones is 1. The summed E-state index contributed by atoms with van der Waals surface area (Å²) in [6.07, 6.45) is 0.543. The quantitative estimate of drug-likeness (QED) is 0.383. The summed E-state index contributed by atoms with van der Waals surface area (Å²) < 4.78 is 17.7. The average Bonchev–Trinajstić information content (AvgIpc) is 3.10. The molecular weight excluding hydrogens is 470 g/mol. The van der Waals surface area contributed by atoms with E-state index in [1.807, 2.05) is 32.9 Å². The van der Waals surface area contributed by atoms with E-state index < -0.39 is 11.6 Å². The van der Waals surface area contributed by atoms with Crippen LogP contribution < -0.4 is 19.1 Å². The van der Waals surface area contributed by atoms with E-state index in [1.54, 1.807) is 19.1 Å². The maximum absolute atomic E-state index is 13.2. The predicted molar refractivity (Wildman–Crippen MR) is 131 cm³/mol. The first kappa shape index (κ1) is 24.5. The van der Waals surface area contributed by atoms with Crippen LogP contribution in [0.15, 0.2) is 29.1 Å². The number of H-pyrrole nitrogens is 1. The van der Waals surface area contributed by atoms with E-state index in [2.05, 4.69) is 4.98 Å². The Morgan fingerprint density at radius 3 is 2.43 bits per heavy atom. The fourth-order valence-electron chi connectivity index (χ4n) is 4.24. The number of rotatable bonds is 6. The van der Waals surface area contributed by atoms with Crippen molar-refractivity contribution in [1.82, 2.24) is 4.98 Å². The SMILES string of the molecule is CC(=O)Oc1c(C)c(C)c2c(c1C)C(=O)CC(C)(COc1ccc(Cc3sc(=O)[nH]c3O)cc1)O2. The first-order valence-electron chi connectivity index (χ1n) is 11.1. The Labute approximate surface area is 206 Å². The van der Waals surface area contributed by atoms with E-state index in [1.165, 1.54) is 6.92 Å². The zero-order valence-electron chi connectivity index (χ0n) is 20.2. The van der Waals surface area contributed by atoms with Gasteiger partial charge >= 0.3 is 10.8 Å². The third-order valence-electron chi connectivity index (χ3n) is 6.13. The van der Waals surface area contributed by atoms with Gasteiger partial charge in [0.2, 0.25) is 5.88 Å². The van der Waals surface area contributed by atoms with Crippen molar-refractivity contribution in [2.75, 3.05) is 6.61 Å².